The van der Waals surface area contributed by atoms with Gasteiger partial charge in [0, 0.05) is 12.8 Å². The minimum Gasteiger partial charge on any atom is -0.296 e. The summed E-state index contributed by atoms with van der Waals surface area (Å²) >= 11 is 0. The molecule has 0 amide bonds. The van der Waals surface area contributed by atoms with Crippen molar-refractivity contribution < 1.29 is 4.79 Å². The van der Waals surface area contributed by atoms with E-state index in [-0.39, 0.29) is 11.9 Å². The van der Waals surface area contributed by atoms with Gasteiger partial charge in [-0.25, -0.2) is 0 Å². The Kier molecular flexibility index (Phi) is 1.39. The van der Waals surface area contributed by atoms with Gasteiger partial charge in [-0.1, -0.05) is 0 Å². The number of hydrogen-bond acceptors (Lipinski definition) is 3. The van der Waals surface area contributed by atoms with Crippen LogP contribution in [-0.4, -0.2) is 24.7 Å². The van der Waals surface area contributed by atoms with E-state index in [9.17, 15) is 4.79 Å². The van der Waals surface area contributed by atoms with Gasteiger partial charge in [0.25, 0.3) is 0 Å². The number of nitrogens with one attached hydrogen (secondary N) is 1. The number of carbonyl (C=O) groups is 1. The third-order valence-corrected chi connectivity index (χ3v) is 1.04. The number of nitrogens with zero attached hydrogens (tertiary/aromatic N) is 1. The zero-order valence-corrected chi connectivity index (χ0v) is 4.72. The van der Waals surface area contributed by atoms with Crippen LogP contribution in [0.1, 0.15) is 6.92 Å². The second kappa shape index (κ2) is 2.05. The molecule has 0 aromatic heterocycles. The molecule has 0 aliphatic carbocycles. The number of Topliss-reactive ketones (excluding diaryl/α,β-unsaturated/α-hetero) is 1. The average Bonchev–Trinajstić information content (AvgIpc) is 2.12. The first-order valence-corrected chi connectivity index (χ1v) is 2.56. The Balaban J connectivity index is 2.48. The Morgan fingerprint density at radius 2 is 2.75 bits per heavy atom. The SMILES string of the molecule is CC(=O)C1N=CCN1. The third-order valence-electron chi connectivity index (χ3n) is 1.04. The normalized spacial score (nSPS) is 26.4. The van der Waals surface area contributed by atoms with Crippen molar-refractivity contribution in [3.63, 3.8) is 0 Å². The molecule has 0 radical (unpaired) electrons. The van der Waals surface area contributed by atoms with Crippen LogP contribution in [0.15, 0.2) is 4.99 Å². The Bertz CT molecular complexity index is 130. The van der Waals surface area contributed by atoms with Crippen molar-refractivity contribution in [1.29, 1.82) is 0 Å². The van der Waals surface area contributed by atoms with E-state index in [2.05, 4.69) is 10.3 Å². The first-order chi connectivity index (χ1) is 3.80. The fourth-order valence-electron chi connectivity index (χ4n) is 0.624. The van der Waals surface area contributed by atoms with Crippen LogP contribution >= 0.6 is 0 Å². The van der Waals surface area contributed by atoms with Gasteiger partial charge in [-0.15, -0.1) is 0 Å². The smallest absolute Gasteiger partial charge is 0.168 e. The van der Waals surface area contributed by atoms with Gasteiger partial charge in [-0.3, -0.25) is 15.1 Å². The maximum absolute atomic E-state index is 10.5. The highest BCUT2D eigenvalue weighted by Crippen LogP contribution is 1.90. The molecule has 1 N–H and O–H groups in total. The Hall–Kier alpha value is -0.700. The van der Waals surface area contributed by atoms with Gasteiger partial charge in [0.1, 0.15) is 0 Å². The van der Waals surface area contributed by atoms with Crippen molar-refractivity contribution in [2.45, 2.75) is 13.1 Å². The summed E-state index contributed by atoms with van der Waals surface area (Å²) in [6.07, 6.45) is 1.46. The van der Waals surface area contributed by atoms with E-state index >= 15 is 0 Å². The molecule has 8 heavy (non-hydrogen) atoms. The predicted octanol–water partition coefficient (Wildman–Crippen LogP) is -0.425. The van der Waals surface area contributed by atoms with Crippen LogP contribution < -0.4 is 5.32 Å². The summed E-state index contributed by atoms with van der Waals surface area (Å²) < 4.78 is 0. The lowest BCUT2D eigenvalue weighted by atomic mass is 10.4. The molecule has 0 fully saturated rings. The van der Waals surface area contributed by atoms with Crippen molar-refractivity contribution in [2.75, 3.05) is 6.54 Å². The molecule has 1 aliphatic heterocycles. The molecule has 1 atom stereocenters. The minimum absolute atomic E-state index is 0.0822. The number of rotatable bonds is 1. The monoisotopic (exact) mass is 112 g/mol. The summed E-state index contributed by atoms with van der Waals surface area (Å²) in [4.78, 5) is 14.3. The molecule has 0 aromatic rings. The van der Waals surface area contributed by atoms with Gasteiger partial charge in [-0.05, 0) is 6.92 Å². The summed E-state index contributed by atoms with van der Waals surface area (Å²) in [5.41, 5.74) is 0. The second-order valence-electron chi connectivity index (χ2n) is 1.75. The topological polar surface area (TPSA) is 41.5 Å². The first-order valence-electron chi connectivity index (χ1n) is 2.56. The first kappa shape index (κ1) is 5.44. The van der Waals surface area contributed by atoms with Crippen LogP contribution in [0.5, 0.6) is 0 Å². The maximum Gasteiger partial charge on any atom is 0.168 e. The van der Waals surface area contributed by atoms with Gasteiger partial charge in [0.2, 0.25) is 0 Å². The molecule has 0 aromatic carbocycles. The highest BCUT2D eigenvalue weighted by molar-refractivity contribution is 5.84. The van der Waals surface area contributed by atoms with E-state index in [1.807, 2.05) is 0 Å². The molecule has 1 unspecified atom stereocenters. The highest BCUT2D eigenvalue weighted by atomic mass is 16.1. The largest absolute Gasteiger partial charge is 0.296 e. The minimum atomic E-state index is -0.255. The molecule has 0 saturated carbocycles. The van der Waals surface area contributed by atoms with E-state index < -0.39 is 0 Å². The van der Waals surface area contributed by atoms with Crippen LogP contribution in [-0.2, 0) is 4.79 Å². The number of aliphatic imine (C=N–C) groups is 1. The van der Waals surface area contributed by atoms with Crippen molar-refractivity contribution in [3.05, 3.63) is 0 Å². The van der Waals surface area contributed by atoms with Crippen molar-refractivity contribution in [2.24, 2.45) is 4.99 Å². The van der Waals surface area contributed by atoms with E-state index in [0.29, 0.717) is 0 Å². The quantitative estimate of drug-likeness (QED) is 0.500. The van der Waals surface area contributed by atoms with Gasteiger partial charge in [0.05, 0.1) is 0 Å². The Morgan fingerprint density at radius 1 is 2.00 bits per heavy atom. The predicted molar refractivity (Wildman–Crippen MR) is 31.0 cm³/mol. The Labute approximate surface area is 47.8 Å². The molecule has 3 heteroatoms. The lowest BCUT2D eigenvalue weighted by Crippen LogP contribution is -2.28. The molecule has 3 nitrogen and oxygen atoms in total. The molecule has 1 heterocycles. The van der Waals surface area contributed by atoms with E-state index in [1.54, 1.807) is 6.21 Å². The third kappa shape index (κ3) is 0.924. The van der Waals surface area contributed by atoms with E-state index in [4.69, 9.17) is 0 Å². The average molecular weight is 112 g/mol. The molecule has 1 rings (SSSR count). The lowest BCUT2D eigenvalue weighted by molar-refractivity contribution is -0.118. The van der Waals surface area contributed by atoms with Crippen LogP contribution in [0, 0.1) is 0 Å². The number of carbonyl (C=O) groups excluding carboxylic acids is 1. The van der Waals surface area contributed by atoms with Crippen molar-refractivity contribution >= 4 is 12.0 Å². The molecule has 44 valence electrons. The fourth-order valence-corrected chi connectivity index (χ4v) is 0.624. The van der Waals surface area contributed by atoms with Gasteiger partial charge in [0.15, 0.2) is 11.9 Å². The van der Waals surface area contributed by atoms with Crippen molar-refractivity contribution in [3.8, 4) is 0 Å². The molecular weight excluding hydrogens is 104 g/mol. The fraction of sp³-hybridized carbons (Fsp3) is 0.600. The van der Waals surface area contributed by atoms with E-state index in [1.165, 1.54) is 6.92 Å². The molecule has 0 saturated heterocycles. The molecular formula is C5H8N2O. The Morgan fingerprint density at radius 3 is 3.00 bits per heavy atom. The summed E-state index contributed by atoms with van der Waals surface area (Å²) in [5.74, 6) is 0.0822. The second-order valence-corrected chi connectivity index (χ2v) is 1.75. The van der Waals surface area contributed by atoms with Crippen LogP contribution in [0.25, 0.3) is 0 Å². The van der Waals surface area contributed by atoms with Crippen LogP contribution in [0.3, 0.4) is 0 Å². The molecule has 0 bridgehead atoms. The van der Waals surface area contributed by atoms with Gasteiger partial charge < -0.3 is 0 Å². The van der Waals surface area contributed by atoms with Crippen LogP contribution in [0.2, 0.25) is 0 Å². The summed E-state index contributed by atoms with van der Waals surface area (Å²) in [6, 6.07) is 0. The summed E-state index contributed by atoms with van der Waals surface area (Å²) in [7, 11) is 0. The number of ketones is 1. The standard InChI is InChI=1S/C5H8N2O/c1-4(8)5-6-2-3-7-5/h2,5,7H,3H2,1H3. The summed E-state index contributed by atoms with van der Waals surface area (Å²) in [5, 5.41) is 2.88. The van der Waals surface area contributed by atoms with E-state index in [0.717, 1.165) is 6.54 Å². The zero-order chi connectivity index (χ0) is 5.98. The molecule has 1 aliphatic rings. The van der Waals surface area contributed by atoms with Gasteiger partial charge >= 0.3 is 0 Å². The summed E-state index contributed by atoms with van der Waals surface area (Å²) in [6.45, 7) is 2.25. The van der Waals surface area contributed by atoms with Crippen molar-refractivity contribution in [1.82, 2.24) is 5.32 Å². The number of hydrogen-bond donors (Lipinski definition) is 1. The lowest BCUT2D eigenvalue weighted by Gasteiger charge is -1.99. The van der Waals surface area contributed by atoms with Gasteiger partial charge in [-0.2, -0.15) is 0 Å². The zero-order valence-electron chi connectivity index (χ0n) is 4.72. The van der Waals surface area contributed by atoms with Crippen LogP contribution in [0.4, 0.5) is 0 Å². The highest BCUT2D eigenvalue weighted by Gasteiger charge is 2.12. The molecule has 0 spiro atoms. The maximum atomic E-state index is 10.5.